The summed E-state index contributed by atoms with van der Waals surface area (Å²) in [5.74, 6) is 1.08. The standard InChI is InChI=1S/C19H22N2O3/c1-13(2)12-24-18-10-6-15(7-11-18)14(3)20-21-19(23)16-4-8-17(22)9-5-16/h4-11,13,22H,12H2,1-3H3,(H,21,23)/b20-14-. The Hall–Kier alpha value is -2.82. The third kappa shape index (κ3) is 5.12. The van der Waals surface area contributed by atoms with Gasteiger partial charge in [0.2, 0.25) is 0 Å². The van der Waals surface area contributed by atoms with Crippen LogP contribution in [0.5, 0.6) is 11.5 Å². The number of hydrazone groups is 1. The molecule has 2 aromatic rings. The van der Waals surface area contributed by atoms with Crippen molar-refractivity contribution in [2.24, 2.45) is 11.0 Å². The molecule has 2 N–H and O–H groups in total. The first-order valence-electron chi connectivity index (χ1n) is 7.82. The van der Waals surface area contributed by atoms with Gasteiger partial charge in [0, 0.05) is 5.56 Å². The van der Waals surface area contributed by atoms with Crippen LogP contribution in [0.3, 0.4) is 0 Å². The SMILES string of the molecule is C/C(=N/NC(=O)c1ccc(O)cc1)c1ccc(OCC(C)C)cc1. The van der Waals surface area contributed by atoms with Crippen molar-refractivity contribution in [1.29, 1.82) is 0 Å². The molecule has 0 aromatic heterocycles. The molecule has 0 heterocycles. The fourth-order valence-corrected chi connectivity index (χ4v) is 1.93. The van der Waals surface area contributed by atoms with Crippen LogP contribution >= 0.6 is 0 Å². The lowest BCUT2D eigenvalue weighted by Gasteiger charge is -2.09. The van der Waals surface area contributed by atoms with Crippen molar-refractivity contribution in [1.82, 2.24) is 5.43 Å². The molecule has 0 fully saturated rings. The number of aromatic hydroxyl groups is 1. The van der Waals surface area contributed by atoms with E-state index in [4.69, 9.17) is 4.74 Å². The van der Waals surface area contributed by atoms with Crippen molar-refractivity contribution in [2.45, 2.75) is 20.8 Å². The second-order valence-corrected chi connectivity index (χ2v) is 5.91. The zero-order valence-electron chi connectivity index (χ0n) is 14.1. The average molecular weight is 326 g/mol. The maximum atomic E-state index is 12.0. The molecule has 0 unspecified atom stereocenters. The Balaban J connectivity index is 1.97. The zero-order chi connectivity index (χ0) is 17.5. The van der Waals surface area contributed by atoms with Crippen molar-refractivity contribution >= 4 is 11.6 Å². The Bertz CT molecular complexity index is 704. The van der Waals surface area contributed by atoms with E-state index < -0.39 is 0 Å². The number of carbonyl (C=O) groups is 1. The maximum absolute atomic E-state index is 12.0. The third-order valence-electron chi connectivity index (χ3n) is 3.31. The molecule has 0 aliphatic heterocycles. The lowest BCUT2D eigenvalue weighted by molar-refractivity contribution is 0.0955. The van der Waals surface area contributed by atoms with Gasteiger partial charge in [-0.25, -0.2) is 5.43 Å². The van der Waals surface area contributed by atoms with Gasteiger partial charge < -0.3 is 9.84 Å². The van der Waals surface area contributed by atoms with Gasteiger partial charge in [0.05, 0.1) is 12.3 Å². The fourth-order valence-electron chi connectivity index (χ4n) is 1.93. The zero-order valence-corrected chi connectivity index (χ0v) is 14.1. The second kappa shape index (κ2) is 8.15. The molecule has 0 aliphatic carbocycles. The highest BCUT2D eigenvalue weighted by Gasteiger charge is 2.05. The van der Waals surface area contributed by atoms with Gasteiger partial charge in [-0.15, -0.1) is 0 Å². The minimum Gasteiger partial charge on any atom is -0.508 e. The van der Waals surface area contributed by atoms with Crippen LogP contribution in [0.1, 0.15) is 36.7 Å². The van der Waals surface area contributed by atoms with Crippen LogP contribution < -0.4 is 10.2 Å². The van der Waals surface area contributed by atoms with Gasteiger partial charge >= 0.3 is 0 Å². The summed E-state index contributed by atoms with van der Waals surface area (Å²) in [6.45, 7) is 6.69. The van der Waals surface area contributed by atoms with Gasteiger partial charge in [0.25, 0.3) is 5.91 Å². The molecule has 5 nitrogen and oxygen atoms in total. The number of rotatable bonds is 6. The molecular weight excluding hydrogens is 304 g/mol. The molecule has 0 spiro atoms. The van der Waals surface area contributed by atoms with Crippen LogP contribution in [-0.4, -0.2) is 23.3 Å². The lowest BCUT2D eigenvalue weighted by atomic mass is 10.1. The number of phenolic OH excluding ortho intramolecular Hbond substituents is 1. The van der Waals surface area contributed by atoms with Crippen molar-refractivity contribution < 1.29 is 14.6 Å². The number of ether oxygens (including phenoxy) is 1. The summed E-state index contributed by atoms with van der Waals surface area (Å²) in [6, 6.07) is 13.6. The summed E-state index contributed by atoms with van der Waals surface area (Å²) < 4.78 is 5.64. The molecular formula is C19H22N2O3. The molecule has 0 aliphatic rings. The van der Waals surface area contributed by atoms with Crippen LogP contribution in [0.2, 0.25) is 0 Å². The normalized spacial score (nSPS) is 11.4. The monoisotopic (exact) mass is 326 g/mol. The molecule has 2 aromatic carbocycles. The van der Waals surface area contributed by atoms with Crippen LogP contribution in [-0.2, 0) is 0 Å². The van der Waals surface area contributed by atoms with Gasteiger partial charge in [0.15, 0.2) is 0 Å². The van der Waals surface area contributed by atoms with Crippen molar-refractivity contribution in [3.05, 3.63) is 59.7 Å². The Morgan fingerprint density at radius 3 is 2.25 bits per heavy atom. The van der Waals surface area contributed by atoms with Crippen LogP contribution in [0.25, 0.3) is 0 Å². The number of phenols is 1. The first-order chi connectivity index (χ1) is 11.5. The summed E-state index contributed by atoms with van der Waals surface area (Å²) >= 11 is 0. The topological polar surface area (TPSA) is 70.9 Å². The van der Waals surface area contributed by atoms with Crippen molar-refractivity contribution in [3.63, 3.8) is 0 Å². The Labute approximate surface area is 142 Å². The van der Waals surface area contributed by atoms with Gasteiger partial charge in [-0.1, -0.05) is 13.8 Å². The molecule has 1 amide bonds. The van der Waals surface area contributed by atoms with E-state index in [1.807, 2.05) is 31.2 Å². The first kappa shape index (κ1) is 17.5. The minimum atomic E-state index is -0.328. The Morgan fingerprint density at radius 1 is 1.08 bits per heavy atom. The Morgan fingerprint density at radius 2 is 1.67 bits per heavy atom. The van der Waals surface area contributed by atoms with E-state index in [0.717, 1.165) is 11.3 Å². The van der Waals surface area contributed by atoms with Gasteiger partial charge in [0.1, 0.15) is 11.5 Å². The number of hydrogen-bond acceptors (Lipinski definition) is 4. The van der Waals surface area contributed by atoms with Gasteiger partial charge in [-0.05, 0) is 66.9 Å². The van der Waals surface area contributed by atoms with E-state index in [-0.39, 0.29) is 11.7 Å². The quantitative estimate of drug-likeness (QED) is 0.629. The van der Waals surface area contributed by atoms with Crippen LogP contribution in [0, 0.1) is 5.92 Å². The van der Waals surface area contributed by atoms with Gasteiger partial charge in [-0.3, -0.25) is 4.79 Å². The number of amides is 1. The number of nitrogens with zero attached hydrogens (tertiary/aromatic N) is 1. The summed E-state index contributed by atoms with van der Waals surface area (Å²) in [7, 11) is 0. The molecule has 126 valence electrons. The first-order valence-corrected chi connectivity index (χ1v) is 7.82. The molecule has 0 saturated heterocycles. The number of carbonyl (C=O) groups excluding carboxylic acids is 1. The molecule has 5 heteroatoms. The summed E-state index contributed by atoms with van der Waals surface area (Å²) in [5.41, 5.74) is 4.53. The smallest absolute Gasteiger partial charge is 0.271 e. The second-order valence-electron chi connectivity index (χ2n) is 5.91. The minimum absolute atomic E-state index is 0.117. The fraction of sp³-hybridized carbons (Fsp3) is 0.263. The van der Waals surface area contributed by atoms with E-state index in [0.29, 0.717) is 23.8 Å². The Kier molecular flexibility index (Phi) is 5.95. The number of nitrogens with one attached hydrogen (secondary N) is 1. The molecule has 24 heavy (non-hydrogen) atoms. The van der Waals surface area contributed by atoms with E-state index >= 15 is 0 Å². The predicted octanol–water partition coefficient (Wildman–Crippen LogP) is 3.58. The molecule has 0 atom stereocenters. The summed E-state index contributed by atoms with van der Waals surface area (Å²) in [4.78, 5) is 12.0. The number of hydrogen-bond donors (Lipinski definition) is 2. The van der Waals surface area contributed by atoms with E-state index in [1.165, 1.54) is 24.3 Å². The predicted molar refractivity (Wildman–Crippen MR) is 94.6 cm³/mol. The van der Waals surface area contributed by atoms with Crippen molar-refractivity contribution in [3.8, 4) is 11.5 Å². The summed E-state index contributed by atoms with van der Waals surface area (Å²) in [5, 5.41) is 13.3. The average Bonchev–Trinajstić information content (AvgIpc) is 2.58. The molecule has 2 rings (SSSR count). The van der Waals surface area contributed by atoms with E-state index in [2.05, 4.69) is 24.4 Å². The summed E-state index contributed by atoms with van der Waals surface area (Å²) in [6.07, 6.45) is 0. The van der Waals surface area contributed by atoms with Crippen LogP contribution in [0.15, 0.2) is 53.6 Å². The number of benzene rings is 2. The highest BCUT2D eigenvalue weighted by molar-refractivity contribution is 6.00. The molecule has 0 bridgehead atoms. The molecule has 0 radical (unpaired) electrons. The highest BCUT2D eigenvalue weighted by Crippen LogP contribution is 2.14. The van der Waals surface area contributed by atoms with Crippen LogP contribution in [0.4, 0.5) is 0 Å². The van der Waals surface area contributed by atoms with Crippen molar-refractivity contribution in [2.75, 3.05) is 6.61 Å². The largest absolute Gasteiger partial charge is 0.508 e. The van der Waals surface area contributed by atoms with Gasteiger partial charge in [-0.2, -0.15) is 5.10 Å². The van der Waals surface area contributed by atoms with E-state index in [1.54, 1.807) is 0 Å². The van der Waals surface area contributed by atoms with E-state index in [9.17, 15) is 9.90 Å². The lowest BCUT2D eigenvalue weighted by Crippen LogP contribution is -2.19. The third-order valence-corrected chi connectivity index (χ3v) is 3.31. The highest BCUT2D eigenvalue weighted by atomic mass is 16.5. The molecule has 0 saturated carbocycles. The maximum Gasteiger partial charge on any atom is 0.271 e.